The van der Waals surface area contributed by atoms with Gasteiger partial charge in [-0.05, 0) is 31.9 Å². The number of halogens is 2. The van der Waals surface area contributed by atoms with E-state index in [2.05, 4.69) is 41.3 Å². The zero-order valence-corrected chi connectivity index (χ0v) is 12.6. The van der Waals surface area contributed by atoms with E-state index in [1.807, 2.05) is 0 Å². The molecule has 0 heterocycles. The molecule has 0 N–H and O–H groups in total. The quantitative estimate of drug-likeness (QED) is 0.539. The summed E-state index contributed by atoms with van der Waals surface area (Å²) >= 11 is 5.74. The van der Waals surface area contributed by atoms with Gasteiger partial charge in [0.2, 0.25) is 0 Å². The monoisotopic (exact) mass is 371 g/mol. The maximum atomic E-state index is 11.4. The summed E-state index contributed by atoms with van der Waals surface area (Å²) < 4.78 is 8.81. The van der Waals surface area contributed by atoms with Crippen molar-refractivity contribution in [3.05, 3.63) is 8.96 Å². The lowest BCUT2D eigenvalue weighted by Crippen LogP contribution is -2.27. The third-order valence-electron chi connectivity index (χ3n) is 1.56. The normalized spacial score (nSPS) is 11.4. The predicted molar refractivity (Wildman–Crippen MR) is 66.5 cm³/mol. The maximum Gasteiger partial charge on any atom is 0.347 e. The number of amides is 1. The fourth-order valence-electron chi connectivity index (χ4n) is 0.589. The number of methoxy groups -OCH3 is 1. The van der Waals surface area contributed by atoms with Crippen LogP contribution < -0.4 is 0 Å². The van der Waals surface area contributed by atoms with E-state index in [0.29, 0.717) is 0 Å². The first-order chi connectivity index (χ1) is 7.81. The first-order valence-corrected chi connectivity index (χ1v) is 5.90. The molecule has 0 aromatic carbocycles. The Balaban J connectivity index is 4.52. The Hall–Kier alpha value is -0.890. The van der Waals surface area contributed by atoms with Crippen molar-refractivity contribution in [1.29, 1.82) is 0 Å². The van der Waals surface area contributed by atoms with E-state index < -0.39 is 18.5 Å². The topological polar surface area (TPSA) is 72.9 Å². The molecule has 0 aromatic heterocycles. The summed E-state index contributed by atoms with van der Waals surface area (Å²) in [5.74, 6) is -1.93. The molecule has 0 unspecified atom stereocenters. The molecule has 0 bridgehead atoms. The Kier molecular flexibility index (Phi) is 7.05. The number of nitrogens with zero attached hydrogens (tertiary/aromatic N) is 1. The first-order valence-electron chi connectivity index (χ1n) is 4.32. The van der Waals surface area contributed by atoms with Crippen LogP contribution >= 0.6 is 31.9 Å². The summed E-state index contributed by atoms with van der Waals surface area (Å²) in [5.41, 5.74) is 0. The number of rotatable bonds is 4. The number of hydrogen-bond donors (Lipinski definition) is 0. The van der Waals surface area contributed by atoms with Crippen LogP contribution in [-0.4, -0.2) is 50.6 Å². The van der Waals surface area contributed by atoms with Crippen LogP contribution in [0.4, 0.5) is 0 Å². The first kappa shape index (κ1) is 16.1. The van der Waals surface area contributed by atoms with E-state index in [0.717, 1.165) is 0 Å². The fourth-order valence-corrected chi connectivity index (χ4v) is 1.19. The molecule has 0 fully saturated rings. The van der Waals surface area contributed by atoms with Gasteiger partial charge < -0.3 is 14.4 Å². The van der Waals surface area contributed by atoms with Gasteiger partial charge in [-0.25, -0.2) is 9.59 Å². The molecule has 0 rings (SSSR count). The predicted octanol–water partition coefficient (Wildman–Crippen LogP) is 0.792. The van der Waals surface area contributed by atoms with E-state index in [1.54, 1.807) is 0 Å². The summed E-state index contributed by atoms with van der Waals surface area (Å²) in [6.07, 6.45) is 0. The molecule has 8 heteroatoms. The molecular formula is C9H11Br2NO5. The average molecular weight is 373 g/mol. The maximum absolute atomic E-state index is 11.4. The van der Waals surface area contributed by atoms with Gasteiger partial charge in [0, 0.05) is 14.1 Å². The molecule has 96 valence electrons. The Labute approximate surface area is 115 Å². The highest BCUT2D eigenvalue weighted by Crippen LogP contribution is 2.20. The van der Waals surface area contributed by atoms with Crippen LogP contribution in [0.3, 0.4) is 0 Å². The van der Waals surface area contributed by atoms with Crippen LogP contribution in [0, 0.1) is 0 Å². The van der Waals surface area contributed by atoms with Crippen LogP contribution in [0.15, 0.2) is 8.96 Å². The van der Waals surface area contributed by atoms with E-state index in [4.69, 9.17) is 0 Å². The standard InChI is InChI=1S/C9H11Br2NO5/c1-12(2)5(13)4-17-9(15)7(11)6(10)8(14)16-3/h4H2,1-3H3/b7-6+. The molecule has 0 aliphatic rings. The van der Waals surface area contributed by atoms with Crippen LogP contribution in [-0.2, 0) is 23.9 Å². The number of esters is 2. The SMILES string of the molecule is COC(=O)/C(Br)=C(\Br)C(=O)OCC(=O)N(C)C. The molecule has 0 aliphatic carbocycles. The van der Waals surface area contributed by atoms with Crippen LogP contribution in [0.25, 0.3) is 0 Å². The van der Waals surface area contributed by atoms with Crippen molar-refractivity contribution >= 4 is 49.7 Å². The molecule has 0 saturated heterocycles. The minimum Gasteiger partial charge on any atom is -0.465 e. The molecule has 0 aliphatic heterocycles. The van der Waals surface area contributed by atoms with E-state index in [-0.39, 0.29) is 14.9 Å². The zero-order valence-electron chi connectivity index (χ0n) is 9.45. The van der Waals surface area contributed by atoms with Gasteiger partial charge in [-0.1, -0.05) is 0 Å². The van der Waals surface area contributed by atoms with E-state index >= 15 is 0 Å². The molecule has 0 atom stereocenters. The van der Waals surface area contributed by atoms with E-state index in [1.165, 1.54) is 26.1 Å². The number of carbonyl (C=O) groups is 3. The molecular weight excluding hydrogens is 362 g/mol. The molecule has 17 heavy (non-hydrogen) atoms. The highest BCUT2D eigenvalue weighted by molar-refractivity contribution is 9.14. The largest absolute Gasteiger partial charge is 0.465 e. The third-order valence-corrected chi connectivity index (χ3v) is 3.53. The second-order valence-electron chi connectivity index (χ2n) is 2.98. The van der Waals surface area contributed by atoms with Crippen molar-refractivity contribution in [1.82, 2.24) is 4.90 Å². The van der Waals surface area contributed by atoms with Gasteiger partial charge in [0.05, 0.1) is 7.11 Å². The summed E-state index contributed by atoms with van der Waals surface area (Å²) in [6, 6.07) is 0. The highest BCUT2D eigenvalue weighted by atomic mass is 79.9. The summed E-state index contributed by atoms with van der Waals surface area (Å²) in [6.45, 7) is -0.400. The summed E-state index contributed by atoms with van der Waals surface area (Å²) in [7, 11) is 4.24. The lowest BCUT2D eigenvalue weighted by Gasteiger charge is -2.10. The third kappa shape index (κ3) is 5.31. The van der Waals surface area contributed by atoms with Crippen LogP contribution in [0.5, 0.6) is 0 Å². The Morgan fingerprint density at radius 2 is 1.53 bits per heavy atom. The summed E-state index contributed by atoms with van der Waals surface area (Å²) in [5, 5.41) is 0. The van der Waals surface area contributed by atoms with Crippen molar-refractivity contribution in [2.24, 2.45) is 0 Å². The Morgan fingerprint density at radius 3 is 1.94 bits per heavy atom. The number of likely N-dealkylation sites (N-methyl/N-ethyl adjacent to an activating group) is 1. The van der Waals surface area contributed by atoms with Gasteiger partial charge >= 0.3 is 11.9 Å². The van der Waals surface area contributed by atoms with Gasteiger partial charge in [0.15, 0.2) is 6.61 Å². The van der Waals surface area contributed by atoms with Crippen LogP contribution in [0.2, 0.25) is 0 Å². The molecule has 0 aromatic rings. The van der Waals surface area contributed by atoms with Crippen molar-refractivity contribution in [2.45, 2.75) is 0 Å². The van der Waals surface area contributed by atoms with Gasteiger partial charge in [0.1, 0.15) is 8.96 Å². The molecule has 0 spiro atoms. The number of hydrogen-bond acceptors (Lipinski definition) is 5. The molecule has 1 amide bonds. The van der Waals surface area contributed by atoms with Crippen molar-refractivity contribution in [3.63, 3.8) is 0 Å². The second kappa shape index (κ2) is 7.44. The minimum atomic E-state index is -0.836. The highest BCUT2D eigenvalue weighted by Gasteiger charge is 2.19. The van der Waals surface area contributed by atoms with Crippen molar-refractivity contribution in [3.8, 4) is 0 Å². The van der Waals surface area contributed by atoms with Gasteiger partial charge in [-0.15, -0.1) is 0 Å². The van der Waals surface area contributed by atoms with Crippen molar-refractivity contribution in [2.75, 3.05) is 27.8 Å². The fraction of sp³-hybridized carbons (Fsp3) is 0.444. The Morgan fingerprint density at radius 1 is 1.06 bits per heavy atom. The van der Waals surface area contributed by atoms with Crippen LogP contribution in [0.1, 0.15) is 0 Å². The molecule has 0 saturated carbocycles. The zero-order chi connectivity index (χ0) is 13.6. The number of carbonyl (C=O) groups excluding carboxylic acids is 3. The average Bonchev–Trinajstić information content (AvgIpc) is 2.32. The summed E-state index contributed by atoms with van der Waals surface area (Å²) in [4.78, 5) is 34.9. The number of ether oxygens (including phenoxy) is 2. The van der Waals surface area contributed by atoms with Crippen molar-refractivity contribution < 1.29 is 23.9 Å². The van der Waals surface area contributed by atoms with Gasteiger partial charge in [-0.2, -0.15) is 0 Å². The Bertz CT molecular complexity index is 364. The minimum absolute atomic E-state index is 0.109. The lowest BCUT2D eigenvalue weighted by atomic mass is 10.5. The van der Waals surface area contributed by atoms with Gasteiger partial charge in [0.25, 0.3) is 5.91 Å². The molecule has 6 nitrogen and oxygen atoms in total. The second-order valence-corrected chi connectivity index (χ2v) is 4.57. The smallest absolute Gasteiger partial charge is 0.347 e. The van der Waals surface area contributed by atoms with E-state index in [9.17, 15) is 14.4 Å². The molecule has 0 radical (unpaired) electrons. The van der Waals surface area contributed by atoms with Gasteiger partial charge in [-0.3, -0.25) is 4.79 Å². The lowest BCUT2D eigenvalue weighted by molar-refractivity contribution is -0.147.